The van der Waals surface area contributed by atoms with Crippen molar-refractivity contribution in [2.24, 2.45) is 0 Å². The summed E-state index contributed by atoms with van der Waals surface area (Å²) in [4.78, 5) is 0. The maximum atomic E-state index is 5.84. The Bertz CT molecular complexity index is 155. The minimum atomic E-state index is -0.203. The van der Waals surface area contributed by atoms with Crippen molar-refractivity contribution in [1.29, 1.82) is 0 Å². The summed E-state index contributed by atoms with van der Waals surface area (Å²) in [6, 6.07) is 0. The molecule has 2 fully saturated rings. The van der Waals surface area contributed by atoms with E-state index in [1.807, 2.05) is 0 Å². The highest BCUT2D eigenvalue weighted by Gasteiger charge is 2.41. The van der Waals surface area contributed by atoms with Gasteiger partial charge in [0.1, 0.15) is 0 Å². The zero-order valence-corrected chi connectivity index (χ0v) is 8.19. The van der Waals surface area contributed by atoms with Crippen LogP contribution in [0.1, 0.15) is 32.1 Å². The Kier molecular flexibility index (Phi) is 2.63. The molecule has 0 aromatic rings. The lowest BCUT2D eigenvalue weighted by molar-refractivity contribution is -0.184. The fourth-order valence-corrected chi connectivity index (χ4v) is 2.24. The van der Waals surface area contributed by atoms with E-state index in [2.05, 4.69) is 12.6 Å². The second-order valence-corrected chi connectivity index (χ2v) is 4.07. The molecule has 1 spiro atoms. The summed E-state index contributed by atoms with van der Waals surface area (Å²) in [5, 5.41) is 0. The van der Waals surface area contributed by atoms with Crippen LogP contribution < -0.4 is 0 Å². The van der Waals surface area contributed by atoms with Crippen molar-refractivity contribution in [2.75, 3.05) is 12.4 Å². The molecule has 0 aromatic carbocycles. The first kappa shape index (κ1) is 8.85. The van der Waals surface area contributed by atoms with Crippen LogP contribution in [-0.2, 0) is 9.47 Å². The van der Waals surface area contributed by atoms with Gasteiger partial charge in [-0.05, 0) is 12.8 Å². The van der Waals surface area contributed by atoms with Crippen molar-refractivity contribution in [3.63, 3.8) is 0 Å². The molecule has 1 saturated heterocycles. The van der Waals surface area contributed by atoms with Crippen molar-refractivity contribution in [3.8, 4) is 0 Å². The van der Waals surface area contributed by atoms with Crippen molar-refractivity contribution in [1.82, 2.24) is 0 Å². The monoisotopic (exact) mass is 188 g/mol. The van der Waals surface area contributed by atoms with Crippen LogP contribution in [0, 0.1) is 0 Å². The van der Waals surface area contributed by atoms with Crippen LogP contribution in [0.2, 0.25) is 0 Å². The third-order valence-corrected chi connectivity index (χ3v) is 3.14. The van der Waals surface area contributed by atoms with Crippen LogP contribution in [0.3, 0.4) is 0 Å². The molecule has 1 unspecified atom stereocenters. The van der Waals surface area contributed by atoms with Gasteiger partial charge in [0.05, 0.1) is 12.7 Å². The predicted octanol–water partition coefficient (Wildman–Crippen LogP) is 1.99. The van der Waals surface area contributed by atoms with Crippen LogP contribution in [0.15, 0.2) is 0 Å². The van der Waals surface area contributed by atoms with Crippen molar-refractivity contribution >= 4 is 12.6 Å². The van der Waals surface area contributed by atoms with Gasteiger partial charge in [0.15, 0.2) is 5.79 Å². The van der Waals surface area contributed by atoms with Gasteiger partial charge in [-0.2, -0.15) is 12.6 Å². The summed E-state index contributed by atoms with van der Waals surface area (Å²) in [5.74, 6) is 0.577. The first-order chi connectivity index (χ1) is 5.85. The first-order valence-corrected chi connectivity index (χ1v) is 5.40. The van der Waals surface area contributed by atoms with E-state index in [0.717, 1.165) is 25.2 Å². The summed E-state index contributed by atoms with van der Waals surface area (Å²) >= 11 is 4.21. The van der Waals surface area contributed by atoms with Gasteiger partial charge in [0, 0.05) is 18.6 Å². The van der Waals surface area contributed by atoms with E-state index in [1.165, 1.54) is 19.3 Å². The fraction of sp³-hybridized carbons (Fsp3) is 1.00. The highest BCUT2D eigenvalue weighted by atomic mass is 32.1. The van der Waals surface area contributed by atoms with Gasteiger partial charge in [-0.25, -0.2) is 0 Å². The Hall–Kier alpha value is 0.270. The minimum absolute atomic E-state index is 0.203. The van der Waals surface area contributed by atoms with Crippen molar-refractivity contribution in [3.05, 3.63) is 0 Å². The van der Waals surface area contributed by atoms with E-state index in [0.29, 0.717) is 0 Å². The minimum Gasteiger partial charge on any atom is -0.347 e. The van der Waals surface area contributed by atoms with E-state index in [1.54, 1.807) is 0 Å². The number of thiol groups is 1. The molecule has 1 atom stereocenters. The summed E-state index contributed by atoms with van der Waals surface area (Å²) in [7, 11) is 0. The molecule has 2 rings (SSSR count). The third kappa shape index (κ3) is 1.63. The lowest BCUT2D eigenvalue weighted by Gasteiger charge is -2.31. The van der Waals surface area contributed by atoms with E-state index in [9.17, 15) is 0 Å². The predicted molar refractivity (Wildman–Crippen MR) is 50.5 cm³/mol. The molecule has 1 heterocycles. The molecule has 0 radical (unpaired) electrons. The average Bonchev–Trinajstić information content (AvgIpc) is 2.50. The molecule has 0 aromatic heterocycles. The summed E-state index contributed by atoms with van der Waals surface area (Å²) in [5.41, 5.74) is 0. The Balaban J connectivity index is 1.94. The normalized spacial score (nSPS) is 34.2. The molecule has 1 saturated carbocycles. The second kappa shape index (κ2) is 3.56. The summed E-state index contributed by atoms with van der Waals surface area (Å²) in [6.07, 6.45) is 6.22. The standard InChI is InChI=1S/C9H16O2S/c12-7-8-6-10-9(11-8)4-2-1-3-5-9/h8,12H,1-7H2. The zero-order chi connectivity index (χ0) is 8.44. The van der Waals surface area contributed by atoms with Crippen LogP contribution in [0.5, 0.6) is 0 Å². The number of hydrogen-bond acceptors (Lipinski definition) is 3. The Morgan fingerprint density at radius 2 is 2.00 bits per heavy atom. The van der Waals surface area contributed by atoms with E-state index >= 15 is 0 Å². The highest BCUT2D eigenvalue weighted by Crippen LogP contribution is 2.37. The molecular formula is C9H16O2S. The van der Waals surface area contributed by atoms with Gasteiger partial charge in [-0.1, -0.05) is 6.42 Å². The Morgan fingerprint density at radius 3 is 2.58 bits per heavy atom. The molecule has 0 bridgehead atoms. The lowest BCUT2D eigenvalue weighted by Crippen LogP contribution is -2.33. The average molecular weight is 188 g/mol. The molecule has 12 heavy (non-hydrogen) atoms. The van der Waals surface area contributed by atoms with Gasteiger partial charge in [-0.15, -0.1) is 0 Å². The molecule has 70 valence electrons. The largest absolute Gasteiger partial charge is 0.347 e. The number of rotatable bonds is 1. The third-order valence-electron chi connectivity index (χ3n) is 2.73. The van der Waals surface area contributed by atoms with Gasteiger partial charge in [0.25, 0.3) is 0 Å². The van der Waals surface area contributed by atoms with E-state index in [-0.39, 0.29) is 11.9 Å². The van der Waals surface area contributed by atoms with Gasteiger partial charge < -0.3 is 9.47 Å². The van der Waals surface area contributed by atoms with Crippen molar-refractivity contribution in [2.45, 2.75) is 44.0 Å². The van der Waals surface area contributed by atoms with Crippen LogP contribution >= 0.6 is 12.6 Å². The Labute approximate surface area is 79.0 Å². The van der Waals surface area contributed by atoms with E-state index in [4.69, 9.17) is 9.47 Å². The second-order valence-electron chi connectivity index (χ2n) is 3.70. The molecule has 0 amide bonds. The molecule has 2 nitrogen and oxygen atoms in total. The van der Waals surface area contributed by atoms with Gasteiger partial charge >= 0.3 is 0 Å². The lowest BCUT2D eigenvalue weighted by atomic mass is 9.94. The highest BCUT2D eigenvalue weighted by molar-refractivity contribution is 7.80. The van der Waals surface area contributed by atoms with Gasteiger partial charge in [0.2, 0.25) is 0 Å². The molecule has 1 aliphatic carbocycles. The topological polar surface area (TPSA) is 18.5 Å². The van der Waals surface area contributed by atoms with Crippen molar-refractivity contribution < 1.29 is 9.47 Å². The number of hydrogen-bond donors (Lipinski definition) is 1. The smallest absolute Gasteiger partial charge is 0.168 e. The molecular weight excluding hydrogens is 172 g/mol. The summed E-state index contributed by atoms with van der Waals surface area (Å²) < 4.78 is 11.6. The SMILES string of the molecule is SCC1COC2(CCCCC2)O1. The molecule has 3 heteroatoms. The first-order valence-electron chi connectivity index (χ1n) is 4.77. The Morgan fingerprint density at radius 1 is 1.25 bits per heavy atom. The quantitative estimate of drug-likeness (QED) is 0.634. The maximum Gasteiger partial charge on any atom is 0.168 e. The van der Waals surface area contributed by atoms with Crippen LogP contribution in [0.4, 0.5) is 0 Å². The van der Waals surface area contributed by atoms with Crippen LogP contribution in [0.25, 0.3) is 0 Å². The zero-order valence-electron chi connectivity index (χ0n) is 7.29. The molecule has 1 aliphatic heterocycles. The number of ether oxygens (including phenoxy) is 2. The molecule has 2 aliphatic rings. The maximum absolute atomic E-state index is 5.84. The van der Waals surface area contributed by atoms with E-state index < -0.39 is 0 Å². The van der Waals surface area contributed by atoms with Gasteiger partial charge in [-0.3, -0.25) is 0 Å². The van der Waals surface area contributed by atoms with Crippen LogP contribution in [-0.4, -0.2) is 24.3 Å². The molecule has 0 N–H and O–H groups in total. The fourth-order valence-electron chi connectivity index (χ4n) is 2.06. The summed E-state index contributed by atoms with van der Waals surface area (Å²) in [6.45, 7) is 0.740.